The van der Waals surface area contributed by atoms with Crippen LogP contribution in [-0.4, -0.2) is 0 Å². The topological polar surface area (TPSA) is 0 Å². The summed E-state index contributed by atoms with van der Waals surface area (Å²) < 4.78 is 0. The maximum absolute atomic E-state index is 2.30. The van der Waals surface area contributed by atoms with Crippen LogP contribution in [0.3, 0.4) is 0 Å². The lowest BCUT2D eigenvalue weighted by atomic mass is 10.0. The second-order valence-electron chi connectivity index (χ2n) is 6.31. The molecule has 1 aliphatic carbocycles. The molecule has 2 atom stereocenters. The Bertz CT molecular complexity index is 696. The maximum Gasteiger partial charge on any atom is -0.00120 e. The molecular weight excluding hydrogens is 264 g/mol. The number of benzene rings is 3. The van der Waals surface area contributed by atoms with Gasteiger partial charge >= 0.3 is 0 Å². The molecule has 0 spiro atoms. The molecule has 0 heteroatoms. The Kier molecular flexibility index (Phi) is 3.31. The van der Waals surface area contributed by atoms with Crippen LogP contribution in [0.15, 0.2) is 84.9 Å². The molecule has 0 amide bonds. The summed E-state index contributed by atoms with van der Waals surface area (Å²) in [4.78, 5) is 0. The van der Waals surface area contributed by atoms with E-state index >= 15 is 0 Å². The van der Waals surface area contributed by atoms with Crippen molar-refractivity contribution in [3.63, 3.8) is 0 Å². The van der Waals surface area contributed by atoms with Crippen molar-refractivity contribution in [3.8, 4) is 0 Å². The molecule has 1 fully saturated rings. The van der Waals surface area contributed by atoms with E-state index in [-0.39, 0.29) is 0 Å². The third kappa shape index (κ3) is 2.35. The van der Waals surface area contributed by atoms with Crippen molar-refractivity contribution in [2.45, 2.75) is 24.7 Å². The summed E-state index contributed by atoms with van der Waals surface area (Å²) in [5.41, 5.74) is 5.72. The number of hydrogen-bond donors (Lipinski definition) is 0. The van der Waals surface area contributed by atoms with Crippen LogP contribution in [0.2, 0.25) is 0 Å². The van der Waals surface area contributed by atoms with Gasteiger partial charge in [0.15, 0.2) is 0 Å². The predicted octanol–water partition coefficient (Wildman–Crippen LogP) is 5.66. The first-order valence-corrected chi connectivity index (χ1v) is 8.01. The zero-order valence-corrected chi connectivity index (χ0v) is 12.8. The minimum Gasteiger partial charge on any atom is -0.0622 e. The molecule has 3 aromatic rings. The Labute approximate surface area is 132 Å². The third-order valence-corrected chi connectivity index (χ3v) is 4.85. The van der Waals surface area contributed by atoms with E-state index in [1.54, 1.807) is 0 Å². The average Bonchev–Trinajstić information content (AvgIpc) is 3.33. The SMILES string of the molecule is Cc1ccc(C2[C@@H](c3ccccc3)[C@@H]2c2ccccc2)cc1. The van der Waals surface area contributed by atoms with Gasteiger partial charge in [0.05, 0.1) is 0 Å². The summed E-state index contributed by atoms with van der Waals surface area (Å²) in [6, 6.07) is 31.0. The van der Waals surface area contributed by atoms with Gasteiger partial charge < -0.3 is 0 Å². The summed E-state index contributed by atoms with van der Waals surface area (Å²) in [5, 5.41) is 0. The highest BCUT2D eigenvalue weighted by Crippen LogP contribution is 2.66. The molecule has 0 nitrogen and oxygen atoms in total. The fourth-order valence-electron chi connectivity index (χ4n) is 3.69. The largest absolute Gasteiger partial charge is 0.0622 e. The van der Waals surface area contributed by atoms with Gasteiger partial charge in [-0.1, -0.05) is 90.5 Å². The molecule has 0 aromatic heterocycles. The highest BCUT2D eigenvalue weighted by Gasteiger charge is 2.52. The minimum atomic E-state index is 0.602. The van der Waals surface area contributed by atoms with Crippen LogP contribution in [0.1, 0.15) is 40.0 Å². The molecule has 1 aliphatic rings. The van der Waals surface area contributed by atoms with Gasteiger partial charge in [0, 0.05) is 0 Å². The van der Waals surface area contributed by atoms with Gasteiger partial charge in [-0.2, -0.15) is 0 Å². The quantitative estimate of drug-likeness (QED) is 0.582. The van der Waals surface area contributed by atoms with Gasteiger partial charge in [-0.3, -0.25) is 0 Å². The monoisotopic (exact) mass is 284 g/mol. The van der Waals surface area contributed by atoms with Gasteiger partial charge in [0.2, 0.25) is 0 Å². The lowest BCUT2D eigenvalue weighted by Crippen LogP contribution is -1.84. The molecule has 0 heterocycles. The maximum atomic E-state index is 2.30. The first-order chi connectivity index (χ1) is 10.8. The van der Waals surface area contributed by atoms with Crippen LogP contribution in [0, 0.1) is 6.92 Å². The fourth-order valence-corrected chi connectivity index (χ4v) is 3.69. The summed E-state index contributed by atoms with van der Waals surface area (Å²) in [6.07, 6.45) is 0. The van der Waals surface area contributed by atoms with Crippen molar-refractivity contribution in [2.24, 2.45) is 0 Å². The van der Waals surface area contributed by atoms with Gasteiger partial charge in [-0.05, 0) is 41.4 Å². The molecule has 0 N–H and O–H groups in total. The molecular formula is C22H20. The van der Waals surface area contributed by atoms with E-state index < -0.39 is 0 Å². The molecule has 0 bridgehead atoms. The van der Waals surface area contributed by atoms with Crippen molar-refractivity contribution < 1.29 is 0 Å². The van der Waals surface area contributed by atoms with Crippen LogP contribution in [0.5, 0.6) is 0 Å². The second kappa shape index (κ2) is 5.46. The molecule has 0 radical (unpaired) electrons. The molecule has 108 valence electrons. The zero-order chi connectivity index (χ0) is 14.9. The smallest absolute Gasteiger partial charge is 0.00120 e. The molecule has 0 aliphatic heterocycles. The molecule has 3 aromatic carbocycles. The number of rotatable bonds is 3. The van der Waals surface area contributed by atoms with Gasteiger partial charge in [0.1, 0.15) is 0 Å². The lowest BCUT2D eigenvalue weighted by molar-refractivity contribution is 1.02. The van der Waals surface area contributed by atoms with E-state index in [0.29, 0.717) is 17.8 Å². The van der Waals surface area contributed by atoms with Crippen molar-refractivity contribution in [1.82, 2.24) is 0 Å². The van der Waals surface area contributed by atoms with Crippen molar-refractivity contribution >= 4 is 0 Å². The van der Waals surface area contributed by atoms with E-state index in [1.807, 2.05) is 0 Å². The zero-order valence-electron chi connectivity index (χ0n) is 12.8. The van der Waals surface area contributed by atoms with Crippen LogP contribution < -0.4 is 0 Å². The normalized spacial score (nSPS) is 23.2. The highest BCUT2D eigenvalue weighted by atomic mass is 14.5. The lowest BCUT2D eigenvalue weighted by Gasteiger charge is -2.01. The van der Waals surface area contributed by atoms with Gasteiger partial charge in [0.25, 0.3) is 0 Å². The van der Waals surface area contributed by atoms with Crippen molar-refractivity contribution in [3.05, 3.63) is 107 Å². The Morgan fingerprint density at radius 2 is 0.818 bits per heavy atom. The van der Waals surface area contributed by atoms with Crippen LogP contribution in [-0.2, 0) is 0 Å². The Morgan fingerprint density at radius 3 is 1.23 bits per heavy atom. The van der Waals surface area contributed by atoms with Crippen LogP contribution in [0.25, 0.3) is 0 Å². The van der Waals surface area contributed by atoms with E-state index in [2.05, 4.69) is 91.9 Å². The number of aryl methyl sites for hydroxylation is 1. The standard InChI is InChI=1S/C22H20/c1-16-12-14-19(15-13-16)22-20(17-8-4-2-5-9-17)21(22)18-10-6-3-7-11-18/h2-15,20-22H,1H3/t20-,21-/m0/s1. The Morgan fingerprint density at radius 1 is 0.455 bits per heavy atom. The van der Waals surface area contributed by atoms with Crippen molar-refractivity contribution in [1.29, 1.82) is 0 Å². The fraction of sp³-hybridized carbons (Fsp3) is 0.182. The minimum absolute atomic E-state index is 0.602. The van der Waals surface area contributed by atoms with E-state index in [0.717, 1.165) is 0 Å². The summed E-state index contributed by atoms with van der Waals surface area (Å²) in [6.45, 7) is 2.15. The molecule has 0 saturated heterocycles. The van der Waals surface area contributed by atoms with Crippen LogP contribution in [0.4, 0.5) is 0 Å². The Balaban J connectivity index is 1.73. The number of hydrogen-bond acceptors (Lipinski definition) is 0. The van der Waals surface area contributed by atoms with Gasteiger partial charge in [-0.15, -0.1) is 0 Å². The molecule has 22 heavy (non-hydrogen) atoms. The third-order valence-electron chi connectivity index (χ3n) is 4.85. The molecule has 1 saturated carbocycles. The van der Waals surface area contributed by atoms with E-state index in [4.69, 9.17) is 0 Å². The highest BCUT2D eigenvalue weighted by molar-refractivity contribution is 5.47. The average molecular weight is 284 g/mol. The summed E-state index contributed by atoms with van der Waals surface area (Å²) in [7, 11) is 0. The predicted molar refractivity (Wildman–Crippen MR) is 92.3 cm³/mol. The Hall–Kier alpha value is -2.34. The van der Waals surface area contributed by atoms with Gasteiger partial charge in [-0.25, -0.2) is 0 Å². The molecule has 4 rings (SSSR count). The van der Waals surface area contributed by atoms with Crippen molar-refractivity contribution in [2.75, 3.05) is 0 Å². The van der Waals surface area contributed by atoms with E-state index in [9.17, 15) is 0 Å². The first-order valence-electron chi connectivity index (χ1n) is 8.01. The molecule has 0 unspecified atom stereocenters. The van der Waals surface area contributed by atoms with Crippen LogP contribution >= 0.6 is 0 Å². The second-order valence-corrected chi connectivity index (χ2v) is 6.31. The first kappa shape index (κ1) is 13.3. The summed E-state index contributed by atoms with van der Waals surface area (Å²) in [5.74, 6) is 1.81. The summed E-state index contributed by atoms with van der Waals surface area (Å²) >= 11 is 0. The van der Waals surface area contributed by atoms with E-state index in [1.165, 1.54) is 22.3 Å².